The number of benzene rings is 1. The summed E-state index contributed by atoms with van der Waals surface area (Å²) in [7, 11) is 1.89. The van der Waals surface area contributed by atoms with E-state index in [2.05, 4.69) is 10.6 Å². The number of hydrogen-bond donors (Lipinski definition) is 2. The minimum atomic E-state index is -0.172. The van der Waals surface area contributed by atoms with Crippen molar-refractivity contribution in [3.63, 3.8) is 0 Å². The van der Waals surface area contributed by atoms with Gasteiger partial charge in [0.2, 0.25) is 5.91 Å². The van der Waals surface area contributed by atoms with Crippen LogP contribution in [0.25, 0.3) is 11.0 Å². The number of hydrogen-bond acceptors (Lipinski definition) is 3. The van der Waals surface area contributed by atoms with E-state index in [1.165, 1.54) is 0 Å². The molecule has 1 aliphatic rings. The molecule has 2 N–H and O–H groups in total. The summed E-state index contributed by atoms with van der Waals surface area (Å²) in [4.78, 5) is 12.2. The van der Waals surface area contributed by atoms with Gasteiger partial charge >= 0.3 is 0 Å². The van der Waals surface area contributed by atoms with Gasteiger partial charge < -0.3 is 15.1 Å². The number of fused-ring (bicyclic) bond motifs is 1. The number of para-hydroxylation sites is 1. The number of rotatable bonds is 5. The van der Waals surface area contributed by atoms with Crippen molar-refractivity contribution in [1.82, 2.24) is 10.6 Å². The van der Waals surface area contributed by atoms with Gasteiger partial charge in [0.25, 0.3) is 0 Å². The lowest BCUT2D eigenvalue weighted by molar-refractivity contribution is -0.126. The van der Waals surface area contributed by atoms with Crippen molar-refractivity contribution in [3.8, 4) is 0 Å². The molecule has 0 bridgehead atoms. The van der Waals surface area contributed by atoms with Gasteiger partial charge in [0.15, 0.2) is 0 Å². The molecule has 1 saturated carbocycles. The van der Waals surface area contributed by atoms with Gasteiger partial charge in [-0.15, -0.1) is 0 Å². The SMILES string of the molecule is CNCC1(C(=O)NCc2coc3ccccc23)CC1. The molecule has 0 saturated heterocycles. The summed E-state index contributed by atoms with van der Waals surface area (Å²) in [5.74, 6) is 0.145. The van der Waals surface area contributed by atoms with Crippen LogP contribution in [-0.4, -0.2) is 19.5 Å². The van der Waals surface area contributed by atoms with Crippen LogP contribution in [0.3, 0.4) is 0 Å². The Labute approximate surface area is 112 Å². The van der Waals surface area contributed by atoms with E-state index in [1.54, 1.807) is 6.26 Å². The van der Waals surface area contributed by atoms with Gasteiger partial charge in [-0.1, -0.05) is 18.2 Å². The van der Waals surface area contributed by atoms with Gasteiger partial charge in [0.1, 0.15) is 5.58 Å². The van der Waals surface area contributed by atoms with E-state index in [0.29, 0.717) is 6.54 Å². The molecule has 0 radical (unpaired) electrons. The van der Waals surface area contributed by atoms with Gasteiger partial charge in [0, 0.05) is 24.0 Å². The second kappa shape index (κ2) is 4.70. The molecule has 0 atom stereocenters. The first-order valence-corrected chi connectivity index (χ1v) is 6.63. The third-order valence-electron chi connectivity index (χ3n) is 3.85. The Balaban J connectivity index is 1.68. The average Bonchev–Trinajstić information content (AvgIpc) is 3.10. The van der Waals surface area contributed by atoms with Crippen molar-refractivity contribution >= 4 is 16.9 Å². The van der Waals surface area contributed by atoms with Crippen LogP contribution in [0.4, 0.5) is 0 Å². The Kier molecular flexibility index (Phi) is 3.03. The van der Waals surface area contributed by atoms with Gasteiger partial charge in [-0.05, 0) is 26.0 Å². The van der Waals surface area contributed by atoms with Crippen LogP contribution in [0.1, 0.15) is 18.4 Å². The third-order valence-corrected chi connectivity index (χ3v) is 3.85. The van der Waals surface area contributed by atoms with Crippen LogP contribution in [0.5, 0.6) is 0 Å². The molecule has 0 unspecified atom stereocenters. The van der Waals surface area contributed by atoms with Crippen molar-refractivity contribution in [2.45, 2.75) is 19.4 Å². The molecular weight excluding hydrogens is 240 g/mol. The Hall–Kier alpha value is -1.81. The first-order chi connectivity index (χ1) is 9.25. The minimum Gasteiger partial charge on any atom is -0.464 e. The fraction of sp³-hybridized carbons (Fsp3) is 0.400. The normalized spacial score (nSPS) is 16.5. The highest BCUT2D eigenvalue weighted by Gasteiger charge is 2.48. The first-order valence-electron chi connectivity index (χ1n) is 6.63. The maximum absolute atomic E-state index is 12.2. The van der Waals surface area contributed by atoms with Crippen molar-refractivity contribution in [1.29, 1.82) is 0 Å². The summed E-state index contributed by atoms with van der Waals surface area (Å²) in [5, 5.41) is 7.19. The standard InChI is InChI=1S/C15H18N2O2/c1-16-10-15(6-7-15)14(18)17-8-11-9-19-13-5-3-2-4-12(11)13/h2-5,9,16H,6-8,10H2,1H3,(H,17,18). The van der Waals surface area contributed by atoms with Gasteiger partial charge in [-0.2, -0.15) is 0 Å². The highest BCUT2D eigenvalue weighted by molar-refractivity contribution is 5.86. The molecule has 1 heterocycles. The maximum atomic E-state index is 12.2. The molecule has 4 heteroatoms. The van der Waals surface area contributed by atoms with Crippen LogP contribution < -0.4 is 10.6 Å². The van der Waals surface area contributed by atoms with Gasteiger partial charge in [0.05, 0.1) is 11.7 Å². The smallest absolute Gasteiger partial charge is 0.227 e. The molecule has 0 aliphatic heterocycles. The minimum absolute atomic E-state index is 0.145. The summed E-state index contributed by atoms with van der Waals surface area (Å²) in [6, 6.07) is 7.87. The molecule has 1 aliphatic carbocycles. The number of carbonyl (C=O) groups excluding carboxylic acids is 1. The van der Waals surface area contributed by atoms with Crippen LogP contribution in [0.2, 0.25) is 0 Å². The van der Waals surface area contributed by atoms with E-state index in [-0.39, 0.29) is 11.3 Å². The van der Waals surface area contributed by atoms with Gasteiger partial charge in [-0.3, -0.25) is 4.79 Å². The predicted octanol–water partition coefficient (Wildman–Crippen LogP) is 2.05. The second-order valence-electron chi connectivity index (χ2n) is 5.25. The second-order valence-corrected chi connectivity index (χ2v) is 5.25. The maximum Gasteiger partial charge on any atom is 0.227 e. The summed E-state index contributed by atoms with van der Waals surface area (Å²) < 4.78 is 5.47. The Morgan fingerprint density at radius 2 is 2.16 bits per heavy atom. The van der Waals surface area contributed by atoms with Crippen molar-refractivity contribution in [2.24, 2.45) is 5.41 Å². The fourth-order valence-corrected chi connectivity index (χ4v) is 2.51. The lowest BCUT2D eigenvalue weighted by Gasteiger charge is -2.14. The molecule has 1 fully saturated rings. The molecule has 2 aromatic rings. The zero-order valence-electron chi connectivity index (χ0n) is 11.0. The number of nitrogens with one attached hydrogen (secondary N) is 2. The molecule has 1 aromatic heterocycles. The van der Waals surface area contributed by atoms with E-state index in [9.17, 15) is 4.79 Å². The van der Waals surface area contributed by atoms with Crippen molar-refractivity contribution in [2.75, 3.05) is 13.6 Å². The predicted molar refractivity (Wildman–Crippen MR) is 73.7 cm³/mol. The lowest BCUT2D eigenvalue weighted by Crippen LogP contribution is -2.37. The van der Waals surface area contributed by atoms with Crippen LogP contribution in [0.15, 0.2) is 34.9 Å². The third kappa shape index (κ3) is 2.24. The Morgan fingerprint density at radius 3 is 2.89 bits per heavy atom. The van der Waals surface area contributed by atoms with Gasteiger partial charge in [-0.25, -0.2) is 0 Å². The Morgan fingerprint density at radius 1 is 1.37 bits per heavy atom. The largest absolute Gasteiger partial charge is 0.464 e. The molecule has 1 amide bonds. The lowest BCUT2D eigenvalue weighted by atomic mass is 10.1. The van der Waals surface area contributed by atoms with Crippen LogP contribution >= 0.6 is 0 Å². The van der Waals surface area contributed by atoms with Crippen molar-refractivity contribution < 1.29 is 9.21 Å². The molecule has 100 valence electrons. The topological polar surface area (TPSA) is 54.3 Å². The summed E-state index contributed by atoms with van der Waals surface area (Å²) >= 11 is 0. The van der Waals surface area contributed by atoms with E-state index < -0.39 is 0 Å². The van der Waals surface area contributed by atoms with Crippen LogP contribution in [0, 0.1) is 5.41 Å². The fourth-order valence-electron chi connectivity index (χ4n) is 2.51. The molecule has 0 spiro atoms. The molecule has 1 aromatic carbocycles. The summed E-state index contributed by atoms with van der Waals surface area (Å²) in [6.07, 6.45) is 3.68. The molecular formula is C15H18N2O2. The van der Waals surface area contributed by atoms with E-state index >= 15 is 0 Å². The zero-order valence-corrected chi connectivity index (χ0v) is 11.0. The first kappa shape index (κ1) is 12.2. The monoisotopic (exact) mass is 258 g/mol. The van der Waals surface area contributed by atoms with E-state index in [4.69, 9.17) is 4.42 Å². The summed E-state index contributed by atoms with van der Waals surface area (Å²) in [5.41, 5.74) is 1.72. The van der Waals surface area contributed by atoms with E-state index in [0.717, 1.165) is 35.9 Å². The van der Waals surface area contributed by atoms with Crippen molar-refractivity contribution in [3.05, 3.63) is 36.1 Å². The van der Waals surface area contributed by atoms with Crippen LogP contribution in [-0.2, 0) is 11.3 Å². The number of amides is 1. The average molecular weight is 258 g/mol. The highest BCUT2D eigenvalue weighted by atomic mass is 16.3. The number of carbonyl (C=O) groups is 1. The summed E-state index contributed by atoms with van der Waals surface area (Å²) in [6.45, 7) is 1.28. The Bertz CT molecular complexity index is 599. The van der Waals surface area contributed by atoms with E-state index in [1.807, 2.05) is 31.3 Å². The quantitative estimate of drug-likeness (QED) is 0.863. The highest BCUT2D eigenvalue weighted by Crippen LogP contribution is 2.45. The molecule has 4 nitrogen and oxygen atoms in total. The number of furan rings is 1. The molecule has 3 rings (SSSR count). The molecule has 19 heavy (non-hydrogen) atoms. The zero-order chi connectivity index (χ0) is 13.3.